The smallest absolute Gasteiger partial charge is 0.339 e. The fourth-order valence-corrected chi connectivity index (χ4v) is 4.58. The van der Waals surface area contributed by atoms with Crippen molar-refractivity contribution in [2.24, 2.45) is 0 Å². The highest BCUT2D eigenvalue weighted by Crippen LogP contribution is 2.22. The number of thiophene rings is 1. The van der Waals surface area contributed by atoms with Gasteiger partial charge in [0.05, 0.1) is 29.6 Å². The van der Waals surface area contributed by atoms with E-state index in [9.17, 15) is 19.2 Å². The first kappa shape index (κ1) is 23.5. The van der Waals surface area contributed by atoms with Crippen LogP contribution in [0.15, 0.2) is 45.7 Å². The van der Waals surface area contributed by atoms with Crippen LogP contribution in [0.3, 0.4) is 0 Å². The summed E-state index contributed by atoms with van der Waals surface area (Å²) in [6.45, 7) is 0.308. The number of esters is 1. The van der Waals surface area contributed by atoms with Crippen molar-refractivity contribution in [3.05, 3.63) is 51.6 Å². The van der Waals surface area contributed by atoms with Gasteiger partial charge in [0.15, 0.2) is 5.16 Å². The normalized spacial score (nSPS) is 10.8. The molecule has 168 valence electrons. The number of carbonyl (C=O) groups is 3. The monoisotopic (exact) mass is 475 g/mol. The number of carboxylic acid groups (broad SMARTS) is 1. The first-order chi connectivity index (χ1) is 15.4. The molecule has 0 saturated heterocycles. The molecule has 1 amide bonds. The Morgan fingerprint density at radius 3 is 2.75 bits per heavy atom. The van der Waals surface area contributed by atoms with Gasteiger partial charge in [-0.1, -0.05) is 23.9 Å². The van der Waals surface area contributed by atoms with Crippen LogP contribution in [0.5, 0.6) is 0 Å². The highest BCUT2D eigenvalue weighted by molar-refractivity contribution is 7.99. The molecule has 2 heterocycles. The van der Waals surface area contributed by atoms with Gasteiger partial charge < -0.3 is 15.2 Å². The maximum absolute atomic E-state index is 12.9. The van der Waals surface area contributed by atoms with Crippen molar-refractivity contribution in [1.29, 1.82) is 0 Å². The Morgan fingerprint density at radius 1 is 1.22 bits per heavy atom. The van der Waals surface area contributed by atoms with Gasteiger partial charge in [-0.05, 0) is 36.4 Å². The number of hydrogen-bond donors (Lipinski definition) is 2. The third kappa shape index (κ3) is 5.74. The highest BCUT2D eigenvalue weighted by Gasteiger charge is 2.16. The van der Waals surface area contributed by atoms with Crippen molar-refractivity contribution >= 4 is 56.8 Å². The van der Waals surface area contributed by atoms with Crippen LogP contribution in [-0.2, 0) is 20.9 Å². The molecule has 3 rings (SSSR count). The molecule has 0 saturated carbocycles. The molecule has 2 aromatic heterocycles. The lowest BCUT2D eigenvalue weighted by atomic mass is 10.2. The van der Waals surface area contributed by atoms with Crippen LogP contribution in [0.4, 0.5) is 5.69 Å². The number of nitrogens with one attached hydrogen (secondary N) is 1. The third-order valence-corrected chi connectivity index (χ3v) is 6.36. The number of fused-ring (bicyclic) bond motifs is 1. The molecule has 0 unspecified atom stereocenters. The maximum Gasteiger partial charge on any atom is 0.339 e. The molecule has 0 spiro atoms. The molecule has 1 aromatic carbocycles. The standard InChI is InChI=1S/C21H21N3O6S2/c1-30-20(29)13-6-2-3-7-14(13)22-16(25)12-32-21-23-15-9-11-31-18(15)19(28)24(21)10-5-4-8-17(26)27/h2-3,6-7,9,11H,4-5,8,10,12H2,1H3,(H,22,25)(H,26,27). The number of ether oxygens (including phenoxy) is 1. The molecular formula is C21H21N3O6S2. The number of aromatic nitrogens is 2. The lowest BCUT2D eigenvalue weighted by Crippen LogP contribution is -2.24. The van der Waals surface area contributed by atoms with Crippen molar-refractivity contribution in [2.75, 3.05) is 18.2 Å². The van der Waals surface area contributed by atoms with E-state index in [1.54, 1.807) is 35.7 Å². The van der Waals surface area contributed by atoms with Crippen LogP contribution < -0.4 is 10.9 Å². The molecule has 11 heteroatoms. The lowest BCUT2D eigenvalue weighted by Gasteiger charge is -2.12. The van der Waals surface area contributed by atoms with Crippen LogP contribution in [0.1, 0.15) is 29.6 Å². The summed E-state index contributed by atoms with van der Waals surface area (Å²) in [4.78, 5) is 52.5. The molecule has 3 aromatic rings. The fraction of sp³-hybridized carbons (Fsp3) is 0.286. The number of thioether (sulfide) groups is 1. The zero-order valence-corrected chi connectivity index (χ0v) is 18.8. The number of anilines is 1. The topological polar surface area (TPSA) is 128 Å². The van der Waals surface area contributed by atoms with Crippen molar-refractivity contribution in [2.45, 2.75) is 31.0 Å². The maximum atomic E-state index is 12.9. The van der Waals surface area contributed by atoms with E-state index in [-0.39, 0.29) is 29.2 Å². The second kappa shape index (κ2) is 10.9. The average Bonchev–Trinajstić information content (AvgIpc) is 3.25. The number of amides is 1. The minimum Gasteiger partial charge on any atom is -0.481 e. The molecule has 2 N–H and O–H groups in total. The number of unbranched alkanes of at least 4 members (excludes halogenated alkanes) is 1. The molecule has 0 bridgehead atoms. The Kier molecular flexibility index (Phi) is 8.01. The van der Waals surface area contributed by atoms with E-state index in [4.69, 9.17) is 9.84 Å². The van der Waals surface area contributed by atoms with Crippen molar-refractivity contribution in [3.8, 4) is 0 Å². The largest absolute Gasteiger partial charge is 0.481 e. The number of carboxylic acids is 1. The second-order valence-electron chi connectivity index (χ2n) is 6.71. The summed E-state index contributed by atoms with van der Waals surface area (Å²) in [7, 11) is 1.26. The first-order valence-corrected chi connectivity index (χ1v) is 11.6. The van der Waals surface area contributed by atoms with Crippen LogP contribution in [-0.4, -0.2) is 45.4 Å². The Hall–Kier alpha value is -3.18. The number of rotatable bonds is 10. The molecule has 0 aliphatic heterocycles. The van der Waals surface area contributed by atoms with Gasteiger partial charge in [0.25, 0.3) is 5.56 Å². The van der Waals surface area contributed by atoms with Gasteiger partial charge in [-0.15, -0.1) is 11.3 Å². The van der Waals surface area contributed by atoms with Crippen LogP contribution in [0.25, 0.3) is 10.2 Å². The van der Waals surface area contributed by atoms with Crippen LogP contribution >= 0.6 is 23.1 Å². The first-order valence-electron chi connectivity index (χ1n) is 9.70. The summed E-state index contributed by atoms with van der Waals surface area (Å²) in [5.41, 5.74) is 0.916. The molecule has 0 fully saturated rings. The van der Waals surface area contributed by atoms with E-state index < -0.39 is 11.9 Å². The molecule has 0 radical (unpaired) electrons. The van der Waals surface area contributed by atoms with Gasteiger partial charge in [-0.2, -0.15) is 0 Å². The Labute approximate surface area is 191 Å². The predicted molar refractivity (Wildman–Crippen MR) is 123 cm³/mol. The van der Waals surface area contributed by atoms with Crippen molar-refractivity contribution in [1.82, 2.24) is 9.55 Å². The zero-order chi connectivity index (χ0) is 23.1. The summed E-state index contributed by atoms with van der Waals surface area (Å²) < 4.78 is 6.74. The zero-order valence-electron chi connectivity index (χ0n) is 17.2. The number of aliphatic carboxylic acids is 1. The van der Waals surface area contributed by atoms with E-state index in [0.29, 0.717) is 40.4 Å². The van der Waals surface area contributed by atoms with Gasteiger partial charge in [0, 0.05) is 13.0 Å². The van der Waals surface area contributed by atoms with E-state index in [2.05, 4.69) is 10.3 Å². The molecule has 9 nitrogen and oxygen atoms in total. The van der Waals surface area contributed by atoms with E-state index >= 15 is 0 Å². The highest BCUT2D eigenvalue weighted by atomic mass is 32.2. The predicted octanol–water partition coefficient (Wildman–Crippen LogP) is 3.23. The SMILES string of the molecule is COC(=O)c1ccccc1NC(=O)CSc1nc2ccsc2c(=O)n1CCCCC(=O)O. The molecule has 32 heavy (non-hydrogen) atoms. The summed E-state index contributed by atoms with van der Waals surface area (Å²) in [5, 5.41) is 13.7. The third-order valence-electron chi connectivity index (χ3n) is 4.49. The summed E-state index contributed by atoms with van der Waals surface area (Å²) in [6.07, 6.45) is 0.949. The Bertz CT molecular complexity index is 1200. The van der Waals surface area contributed by atoms with Gasteiger partial charge in [-0.3, -0.25) is 19.0 Å². The van der Waals surface area contributed by atoms with Crippen molar-refractivity contribution < 1.29 is 24.2 Å². The quantitative estimate of drug-likeness (QED) is 0.198. The minimum absolute atomic E-state index is 0.0217. The lowest BCUT2D eigenvalue weighted by molar-refractivity contribution is -0.137. The Morgan fingerprint density at radius 2 is 2.00 bits per heavy atom. The summed E-state index contributed by atoms with van der Waals surface area (Å²) in [5.74, 6) is -1.85. The number of methoxy groups -OCH3 is 1. The van der Waals surface area contributed by atoms with E-state index in [1.165, 1.54) is 23.0 Å². The summed E-state index contributed by atoms with van der Waals surface area (Å²) >= 11 is 2.39. The number of carbonyl (C=O) groups excluding carboxylic acids is 2. The van der Waals surface area contributed by atoms with Gasteiger partial charge in [-0.25, -0.2) is 9.78 Å². The van der Waals surface area contributed by atoms with Crippen molar-refractivity contribution in [3.63, 3.8) is 0 Å². The molecule has 0 atom stereocenters. The van der Waals surface area contributed by atoms with Gasteiger partial charge in [0.2, 0.25) is 5.91 Å². The van der Waals surface area contributed by atoms with Crippen LogP contribution in [0, 0.1) is 0 Å². The number of para-hydroxylation sites is 1. The molecule has 0 aliphatic rings. The average molecular weight is 476 g/mol. The molecular weight excluding hydrogens is 454 g/mol. The number of nitrogens with zero attached hydrogens (tertiary/aromatic N) is 2. The molecule has 0 aliphatic carbocycles. The summed E-state index contributed by atoms with van der Waals surface area (Å²) in [6, 6.07) is 8.25. The van der Waals surface area contributed by atoms with Gasteiger partial charge >= 0.3 is 11.9 Å². The second-order valence-corrected chi connectivity index (χ2v) is 8.57. The van der Waals surface area contributed by atoms with E-state index in [0.717, 1.165) is 11.8 Å². The minimum atomic E-state index is -0.886. The Balaban J connectivity index is 1.74. The van der Waals surface area contributed by atoms with E-state index in [1.807, 2.05) is 0 Å². The number of benzene rings is 1. The van der Waals surface area contributed by atoms with Gasteiger partial charge in [0.1, 0.15) is 4.70 Å². The van der Waals surface area contributed by atoms with Crippen LogP contribution in [0.2, 0.25) is 0 Å². The fourth-order valence-electron chi connectivity index (χ4n) is 2.97. The number of hydrogen-bond acceptors (Lipinski definition) is 8.